The summed E-state index contributed by atoms with van der Waals surface area (Å²) < 4.78 is 10.6. The van der Waals surface area contributed by atoms with Gasteiger partial charge in [-0.3, -0.25) is 14.9 Å². The summed E-state index contributed by atoms with van der Waals surface area (Å²) in [7, 11) is 0. The van der Waals surface area contributed by atoms with Gasteiger partial charge in [0.2, 0.25) is 12.7 Å². The van der Waals surface area contributed by atoms with E-state index in [-0.39, 0.29) is 25.0 Å². The minimum atomic E-state index is -0.310. The second-order valence-electron chi connectivity index (χ2n) is 7.30. The molecule has 0 atom stereocenters. The summed E-state index contributed by atoms with van der Waals surface area (Å²) in [6.07, 6.45) is 0.0967. The Morgan fingerprint density at radius 2 is 1.70 bits per heavy atom. The number of para-hydroxylation sites is 1. The van der Waals surface area contributed by atoms with E-state index in [1.807, 2.05) is 54.6 Å². The fraction of sp³-hybridized carbons (Fsp3) is 0.0800. The van der Waals surface area contributed by atoms with Crippen LogP contribution in [-0.2, 0) is 11.2 Å². The molecule has 2 heterocycles. The molecular formula is C25H19N3O4S. The monoisotopic (exact) mass is 457 g/mol. The van der Waals surface area contributed by atoms with Crippen molar-refractivity contribution in [2.45, 2.75) is 6.42 Å². The molecule has 0 spiro atoms. The molecule has 0 fully saturated rings. The highest BCUT2D eigenvalue weighted by molar-refractivity contribution is 7.14. The molecule has 2 N–H and O–H groups in total. The second kappa shape index (κ2) is 9.13. The molecule has 0 bridgehead atoms. The zero-order chi connectivity index (χ0) is 22.6. The number of nitrogens with one attached hydrogen (secondary N) is 2. The molecule has 2 amide bonds. The van der Waals surface area contributed by atoms with Gasteiger partial charge in [-0.05, 0) is 29.8 Å². The highest BCUT2D eigenvalue weighted by Crippen LogP contribution is 2.33. The first-order chi connectivity index (χ1) is 16.2. The fourth-order valence-corrected chi connectivity index (χ4v) is 4.18. The van der Waals surface area contributed by atoms with E-state index >= 15 is 0 Å². The number of thiazole rings is 1. The molecule has 1 aliphatic heterocycles. The minimum Gasteiger partial charge on any atom is -0.454 e. The third-order valence-corrected chi connectivity index (χ3v) is 5.84. The van der Waals surface area contributed by atoms with Crippen LogP contribution < -0.4 is 20.1 Å². The molecule has 8 heteroatoms. The largest absolute Gasteiger partial charge is 0.454 e. The van der Waals surface area contributed by atoms with Gasteiger partial charge in [0.05, 0.1) is 12.1 Å². The summed E-state index contributed by atoms with van der Waals surface area (Å²) in [5.74, 6) is 0.658. The van der Waals surface area contributed by atoms with Crippen LogP contribution in [0.2, 0.25) is 0 Å². The molecule has 0 saturated carbocycles. The summed E-state index contributed by atoms with van der Waals surface area (Å²) in [6, 6.07) is 22.5. The van der Waals surface area contributed by atoms with E-state index in [9.17, 15) is 9.59 Å². The standard InChI is InChI=1S/C25H19N3O4S/c29-23(27-20-9-5-4-8-19(20)16-6-2-1-3-7-16)13-18-14-33-25(26-18)28-24(30)17-10-11-21-22(12-17)32-15-31-21/h1-12,14H,13,15H2,(H,27,29)(H,26,28,30). The van der Waals surface area contributed by atoms with Gasteiger partial charge in [-0.1, -0.05) is 48.5 Å². The molecule has 164 valence electrons. The third kappa shape index (κ3) is 4.70. The zero-order valence-electron chi connectivity index (χ0n) is 17.4. The third-order valence-electron chi connectivity index (χ3n) is 5.03. The smallest absolute Gasteiger partial charge is 0.257 e. The van der Waals surface area contributed by atoms with Crippen LogP contribution in [0.4, 0.5) is 10.8 Å². The Morgan fingerprint density at radius 3 is 2.58 bits per heavy atom. The molecule has 1 aromatic heterocycles. The quantitative estimate of drug-likeness (QED) is 0.427. The van der Waals surface area contributed by atoms with Crippen molar-refractivity contribution >= 4 is 34.0 Å². The van der Waals surface area contributed by atoms with Crippen molar-refractivity contribution in [3.63, 3.8) is 0 Å². The highest BCUT2D eigenvalue weighted by atomic mass is 32.1. The predicted molar refractivity (Wildman–Crippen MR) is 127 cm³/mol. The van der Waals surface area contributed by atoms with Crippen LogP contribution in [-0.4, -0.2) is 23.6 Å². The van der Waals surface area contributed by atoms with Crippen molar-refractivity contribution < 1.29 is 19.1 Å². The number of rotatable bonds is 6. The number of hydrogen-bond acceptors (Lipinski definition) is 6. The van der Waals surface area contributed by atoms with Gasteiger partial charge in [0, 0.05) is 22.2 Å². The van der Waals surface area contributed by atoms with Crippen LogP contribution in [0.1, 0.15) is 16.1 Å². The Kier molecular flexibility index (Phi) is 5.73. The van der Waals surface area contributed by atoms with Crippen molar-refractivity contribution in [2.24, 2.45) is 0 Å². The van der Waals surface area contributed by atoms with Crippen LogP contribution in [0.3, 0.4) is 0 Å². The number of fused-ring (bicyclic) bond motifs is 1. The van der Waals surface area contributed by atoms with Gasteiger partial charge in [0.15, 0.2) is 16.6 Å². The Bertz CT molecular complexity index is 1320. The summed E-state index contributed by atoms with van der Waals surface area (Å²) in [6.45, 7) is 0.147. The lowest BCUT2D eigenvalue weighted by atomic mass is 10.0. The molecule has 5 rings (SSSR count). The van der Waals surface area contributed by atoms with E-state index in [0.717, 1.165) is 16.8 Å². The van der Waals surface area contributed by atoms with Crippen molar-refractivity contribution in [3.8, 4) is 22.6 Å². The van der Waals surface area contributed by atoms with Crippen LogP contribution in [0.5, 0.6) is 11.5 Å². The van der Waals surface area contributed by atoms with Crippen LogP contribution in [0, 0.1) is 0 Å². The molecule has 4 aromatic rings. The summed E-state index contributed by atoms with van der Waals surface area (Å²) in [5.41, 5.74) is 3.72. The first-order valence-electron chi connectivity index (χ1n) is 10.3. The van der Waals surface area contributed by atoms with Gasteiger partial charge in [-0.15, -0.1) is 11.3 Å². The van der Waals surface area contributed by atoms with Gasteiger partial charge in [0.25, 0.3) is 5.91 Å². The van der Waals surface area contributed by atoms with Crippen LogP contribution in [0.15, 0.2) is 78.2 Å². The van der Waals surface area contributed by atoms with Gasteiger partial charge in [0.1, 0.15) is 0 Å². The Morgan fingerprint density at radius 1 is 0.909 bits per heavy atom. The molecular weight excluding hydrogens is 438 g/mol. The number of anilines is 2. The molecule has 0 saturated heterocycles. The molecule has 3 aromatic carbocycles. The number of carbonyl (C=O) groups excluding carboxylic acids is 2. The van der Waals surface area contributed by atoms with Crippen molar-refractivity contribution in [1.29, 1.82) is 0 Å². The van der Waals surface area contributed by atoms with E-state index in [1.165, 1.54) is 11.3 Å². The van der Waals surface area contributed by atoms with Crippen LogP contribution >= 0.6 is 11.3 Å². The lowest BCUT2D eigenvalue weighted by Crippen LogP contribution is -2.15. The number of benzene rings is 3. The highest BCUT2D eigenvalue weighted by Gasteiger charge is 2.17. The van der Waals surface area contributed by atoms with E-state index in [0.29, 0.717) is 27.9 Å². The normalized spacial score (nSPS) is 11.8. The molecule has 0 aliphatic carbocycles. The molecule has 33 heavy (non-hydrogen) atoms. The van der Waals surface area contributed by atoms with Gasteiger partial charge in [-0.25, -0.2) is 4.98 Å². The summed E-state index contributed by atoms with van der Waals surface area (Å²) in [4.78, 5) is 29.6. The van der Waals surface area contributed by atoms with E-state index < -0.39 is 0 Å². The molecule has 0 unspecified atom stereocenters. The van der Waals surface area contributed by atoms with E-state index in [4.69, 9.17) is 9.47 Å². The number of carbonyl (C=O) groups is 2. The Hall–Kier alpha value is -4.17. The number of ether oxygens (including phenoxy) is 2. The topological polar surface area (TPSA) is 89.6 Å². The fourth-order valence-electron chi connectivity index (χ4n) is 3.47. The maximum atomic E-state index is 12.7. The maximum absolute atomic E-state index is 12.7. The summed E-state index contributed by atoms with van der Waals surface area (Å²) >= 11 is 1.27. The van der Waals surface area contributed by atoms with E-state index in [2.05, 4.69) is 15.6 Å². The lowest BCUT2D eigenvalue weighted by molar-refractivity contribution is -0.115. The SMILES string of the molecule is O=C(Cc1csc(NC(=O)c2ccc3c(c2)OCO3)n1)Nc1ccccc1-c1ccccc1. The average molecular weight is 458 g/mol. The van der Waals surface area contributed by atoms with E-state index in [1.54, 1.807) is 23.6 Å². The number of amides is 2. The Labute approximate surface area is 194 Å². The molecule has 0 radical (unpaired) electrons. The van der Waals surface area contributed by atoms with Gasteiger partial charge in [-0.2, -0.15) is 0 Å². The zero-order valence-corrected chi connectivity index (χ0v) is 18.2. The number of aromatic nitrogens is 1. The van der Waals surface area contributed by atoms with Crippen molar-refractivity contribution in [3.05, 3.63) is 89.4 Å². The number of hydrogen-bond donors (Lipinski definition) is 2. The second-order valence-corrected chi connectivity index (χ2v) is 8.16. The number of nitrogens with zero attached hydrogens (tertiary/aromatic N) is 1. The lowest BCUT2D eigenvalue weighted by Gasteiger charge is -2.11. The molecule has 1 aliphatic rings. The Balaban J connectivity index is 1.23. The predicted octanol–water partition coefficient (Wildman–Crippen LogP) is 4.97. The first-order valence-corrected chi connectivity index (χ1v) is 11.1. The van der Waals surface area contributed by atoms with Crippen molar-refractivity contribution in [2.75, 3.05) is 17.4 Å². The average Bonchev–Trinajstić information content (AvgIpc) is 3.48. The molecule has 7 nitrogen and oxygen atoms in total. The van der Waals surface area contributed by atoms with Crippen molar-refractivity contribution in [1.82, 2.24) is 4.98 Å². The first kappa shape index (κ1) is 20.7. The summed E-state index contributed by atoms with van der Waals surface area (Å²) in [5, 5.41) is 7.92. The maximum Gasteiger partial charge on any atom is 0.257 e. The van der Waals surface area contributed by atoms with Gasteiger partial charge >= 0.3 is 0 Å². The minimum absolute atomic E-state index is 0.0967. The van der Waals surface area contributed by atoms with Gasteiger partial charge < -0.3 is 14.8 Å². The van der Waals surface area contributed by atoms with Crippen LogP contribution in [0.25, 0.3) is 11.1 Å².